The molecule has 0 amide bonds. The van der Waals surface area contributed by atoms with Gasteiger partial charge in [0.1, 0.15) is 6.61 Å². The Morgan fingerprint density at radius 2 is 2.31 bits per heavy atom. The van der Waals surface area contributed by atoms with Crippen molar-refractivity contribution in [3.8, 4) is 0 Å². The molecule has 0 radical (unpaired) electrons. The van der Waals surface area contributed by atoms with Crippen LogP contribution in [-0.4, -0.2) is 12.8 Å². The maximum Gasteiger partial charge on any atom is 0.114 e. The van der Waals surface area contributed by atoms with Crippen molar-refractivity contribution in [1.29, 1.82) is 0 Å². The van der Waals surface area contributed by atoms with E-state index in [1.807, 2.05) is 32.0 Å². The summed E-state index contributed by atoms with van der Waals surface area (Å²) in [6.07, 6.45) is 1.71. The number of hydrogen-bond donors (Lipinski definition) is 0. The van der Waals surface area contributed by atoms with Crippen LogP contribution in [0.5, 0.6) is 0 Å². The van der Waals surface area contributed by atoms with Gasteiger partial charge in [-0.25, -0.2) is 0 Å². The first-order chi connectivity index (χ1) is 6.24. The molecule has 0 aromatic heterocycles. The second kappa shape index (κ2) is 5.02. The molecule has 0 bridgehead atoms. The van der Waals surface area contributed by atoms with Crippen LogP contribution in [0.2, 0.25) is 0 Å². The summed E-state index contributed by atoms with van der Waals surface area (Å²) in [4.78, 5) is 4.87. The fourth-order valence-electron chi connectivity index (χ4n) is 0.921. The maximum atomic E-state index is 4.87. The number of oxime groups is 1. The number of nitrogens with zero attached hydrogens (tertiary/aromatic N) is 1. The number of rotatable bonds is 3. The Kier molecular flexibility index (Phi) is 3.96. The molecule has 0 aliphatic heterocycles. The molecule has 1 aromatic carbocycles. The third-order valence-corrected chi connectivity index (χ3v) is 2.48. The predicted octanol–water partition coefficient (Wildman–Crippen LogP) is 3.13. The van der Waals surface area contributed by atoms with Crippen LogP contribution in [0.3, 0.4) is 0 Å². The summed E-state index contributed by atoms with van der Waals surface area (Å²) in [6, 6.07) is 6.04. The molecule has 0 fully saturated rings. The van der Waals surface area contributed by atoms with Gasteiger partial charge in [-0.05, 0) is 37.1 Å². The molecule has 0 aliphatic carbocycles. The van der Waals surface area contributed by atoms with Crippen molar-refractivity contribution in [1.82, 2.24) is 0 Å². The molecule has 0 saturated carbocycles. The molecule has 0 spiro atoms. The van der Waals surface area contributed by atoms with Crippen LogP contribution < -0.4 is 0 Å². The summed E-state index contributed by atoms with van der Waals surface area (Å²) in [5.74, 6) is 0. The van der Waals surface area contributed by atoms with Crippen LogP contribution in [0.15, 0.2) is 27.8 Å². The van der Waals surface area contributed by atoms with E-state index in [4.69, 9.17) is 4.84 Å². The van der Waals surface area contributed by atoms with E-state index in [0.29, 0.717) is 6.61 Å². The van der Waals surface area contributed by atoms with E-state index in [0.717, 1.165) is 10.0 Å². The SMILES string of the molecule is CCO/N=C/c1ccc(Br)c(C)c1. The third kappa shape index (κ3) is 3.19. The lowest BCUT2D eigenvalue weighted by atomic mass is 10.2. The molecule has 0 N–H and O–H groups in total. The van der Waals surface area contributed by atoms with Gasteiger partial charge in [-0.3, -0.25) is 0 Å². The van der Waals surface area contributed by atoms with E-state index < -0.39 is 0 Å². The van der Waals surface area contributed by atoms with Gasteiger partial charge in [-0.2, -0.15) is 0 Å². The highest BCUT2D eigenvalue weighted by molar-refractivity contribution is 9.10. The van der Waals surface area contributed by atoms with Crippen LogP contribution in [0.25, 0.3) is 0 Å². The zero-order valence-corrected chi connectivity index (χ0v) is 9.34. The first-order valence-corrected chi connectivity index (χ1v) is 4.95. The Morgan fingerprint density at radius 3 is 2.92 bits per heavy atom. The van der Waals surface area contributed by atoms with Crippen LogP contribution in [-0.2, 0) is 4.84 Å². The molecular weight excluding hydrogens is 230 g/mol. The van der Waals surface area contributed by atoms with Crippen molar-refractivity contribution in [3.63, 3.8) is 0 Å². The van der Waals surface area contributed by atoms with Crippen LogP contribution >= 0.6 is 15.9 Å². The highest BCUT2D eigenvalue weighted by Gasteiger charge is 1.94. The fraction of sp³-hybridized carbons (Fsp3) is 0.300. The van der Waals surface area contributed by atoms with E-state index in [1.54, 1.807) is 6.21 Å². The summed E-state index contributed by atoms with van der Waals surface area (Å²) in [5.41, 5.74) is 2.24. The molecule has 2 nitrogen and oxygen atoms in total. The minimum atomic E-state index is 0.603. The summed E-state index contributed by atoms with van der Waals surface area (Å²) in [5, 5.41) is 3.79. The van der Waals surface area contributed by atoms with Crippen molar-refractivity contribution in [2.24, 2.45) is 5.16 Å². The summed E-state index contributed by atoms with van der Waals surface area (Å²) in [6.45, 7) is 4.55. The van der Waals surface area contributed by atoms with Crippen LogP contribution in [0.1, 0.15) is 18.1 Å². The normalized spacial score (nSPS) is 10.7. The van der Waals surface area contributed by atoms with Crippen LogP contribution in [0.4, 0.5) is 0 Å². The quantitative estimate of drug-likeness (QED) is 0.589. The summed E-state index contributed by atoms with van der Waals surface area (Å²) in [7, 11) is 0. The molecule has 13 heavy (non-hydrogen) atoms. The predicted molar refractivity (Wildman–Crippen MR) is 58.1 cm³/mol. The Hall–Kier alpha value is -0.830. The standard InChI is InChI=1S/C10H12BrNO/c1-3-13-12-7-9-4-5-10(11)8(2)6-9/h4-7H,3H2,1-2H3/b12-7+. The van der Waals surface area contributed by atoms with Crippen molar-refractivity contribution >= 4 is 22.1 Å². The molecule has 0 saturated heterocycles. The number of aryl methyl sites for hydroxylation is 1. The van der Waals surface area contributed by atoms with Gasteiger partial charge in [0.05, 0.1) is 6.21 Å². The largest absolute Gasteiger partial charge is 0.396 e. The maximum absolute atomic E-state index is 4.87. The van der Waals surface area contributed by atoms with Gasteiger partial charge in [-0.15, -0.1) is 0 Å². The average molecular weight is 242 g/mol. The molecule has 1 aromatic rings. The second-order valence-corrected chi connectivity index (χ2v) is 3.52. The molecule has 0 atom stereocenters. The lowest BCUT2D eigenvalue weighted by Crippen LogP contribution is -1.86. The van der Waals surface area contributed by atoms with E-state index >= 15 is 0 Å². The van der Waals surface area contributed by atoms with Crippen LogP contribution in [0, 0.1) is 6.92 Å². The van der Waals surface area contributed by atoms with Crippen molar-refractivity contribution in [2.45, 2.75) is 13.8 Å². The van der Waals surface area contributed by atoms with E-state index in [-0.39, 0.29) is 0 Å². The smallest absolute Gasteiger partial charge is 0.114 e. The monoisotopic (exact) mass is 241 g/mol. The van der Waals surface area contributed by atoms with Gasteiger partial charge in [0, 0.05) is 4.47 Å². The molecule has 0 heterocycles. The zero-order chi connectivity index (χ0) is 9.68. The van der Waals surface area contributed by atoms with Gasteiger partial charge in [0.2, 0.25) is 0 Å². The molecule has 0 aliphatic rings. The van der Waals surface area contributed by atoms with Crippen molar-refractivity contribution < 1.29 is 4.84 Å². The van der Waals surface area contributed by atoms with E-state index in [2.05, 4.69) is 21.1 Å². The zero-order valence-electron chi connectivity index (χ0n) is 7.75. The highest BCUT2D eigenvalue weighted by Crippen LogP contribution is 2.15. The number of benzene rings is 1. The van der Waals surface area contributed by atoms with Crippen molar-refractivity contribution in [3.05, 3.63) is 33.8 Å². The molecule has 3 heteroatoms. The number of hydrogen-bond acceptors (Lipinski definition) is 2. The Labute approximate surface area is 86.7 Å². The molecule has 0 unspecified atom stereocenters. The first kappa shape index (κ1) is 10.3. The van der Waals surface area contributed by atoms with Gasteiger partial charge in [-0.1, -0.05) is 27.2 Å². The van der Waals surface area contributed by atoms with Gasteiger partial charge >= 0.3 is 0 Å². The Balaban J connectivity index is 2.73. The third-order valence-electron chi connectivity index (χ3n) is 1.59. The minimum Gasteiger partial charge on any atom is -0.396 e. The van der Waals surface area contributed by atoms with Gasteiger partial charge in [0.15, 0.2) is 0 Å². The van der Waals surface area contributed by atoms with E-state index in [9.17, 15) is 0 Å². The Morgan fingerprint density at radius 1 is 1.54 bits per heavy atom. The summed E-state index contributed by atoms with van der Waals surface area (Å²) < 4.78 is 1.11. The van der Waals surface area contributed by atoms with Gasteiger partial charge in [0.25, 0.3) is 0 Å². The second-order valence-electron chi connectivity index (χ2n) is 2.66. The fourth-order valence-corrected chi connectivity index (χ4v) is 1.17. The highest BCUT2D eigenvalue weighted by atomic mass is 79.9. The minimum absolute atomic E-state index is 0.603. The molecule has 1 rings (SSSR count). The molecule has 70 valence electrons. The topological polar surface area (TPSA) is 21.6 Å². The van der Waals surface area contributed by atoms with E-state index in [1.165, 1.54) is 5.56 Å². The summed E-state index contributed by atoms with van der Waals surface area (Å²) >= 11 is 3.44. The lowest BCUT2D eigenvalue weighted by Gasteiger charge is -1.98. The lowest BCUT2D eigenvalue weighted by molar-refractivity contribution is 0.160. The number of halogens is 1. The van der Waals surface area contributed by atoms with Crippen molar-refractivity contribution in [2.75, 3.05) is 6.61 Å². The Bertz CT molecular complexity index is 310. The van der Waals surface area contributed by atoms with Gasteiger partial charge < -0.3 is 4.84 Å². The average Bonchev–Trinajstić information content (AvgIpc) is 2.12. The first-order valence-electron chi connectivity index (χ1n) is 4.15. The molecular formula is C10H12BrNO.